The van der Waals surface area contributed by atoms with Crippen LogP contribution in [0.2, 0.25) is 0 Å². The average molecular weight is 334 g/mol. The summed E-state index contributed by atoms with van der Waals surface area (Å²) >= 11 is 0. The monoisotopic (exact) mass is 334 g/mol. The molecule has 1 aliphatic carbocycles. The number of aromatic nitrogens is 2. The Hall–Kier alpha value is -1.43. The van der Waals surface area contributed by atoms with E-state index in [9.17, 15) is 4.79 Å². The lowest BCUT2D eigenvalue weighted by molar-refractivity contribution is -0.127. The van der Waals surface area contributed by atoms with Gasteiger partial charge >= 0.3 is 0 Å². The summed E-state index contributed by atoms with van der Waals surface area (Å²) in [6.45, 7) is 6.73. The van der Waals surface area contributed by atoms with Crippen LogP contribution in [0.1, 0.15) is 70.0 Å². The van der Waals surface area contributed by atoms with Gasteiger partial charge in [-0.15, -0.1) is 0 Å². The Morgan fingerprint density at radius 2 is 2.08 bits per heavy atom. The van der Waals surface area contributed by atoms with Gasteiger partial charge in [0.25, 0.3) is 0 Å². The third-order valence-corrected chi connectivity index (χ3v) is 5.30. The maximum atomic E-state index is 12.5. The van der Waals surface area contributed by atoms with Crippen molar-refractivity contribution in [1.29, 1.82) is 0 Å². The molecule has 1 unspecified atom stereocenters. The molecule has 134 valence electrons. The molecule has 1 aliphatic heterocycles. The van der Waals surface area contributed by atoms with E-state index in [4.69, 9.17) is 4.52 Å². The molecule has 1 saturated heterocycles. The topological polar surface area (TPSA) is 71.3 Å². The van der Waals surface area contributed by atoms with E-state index in [1.54, 1.807) is 0 Å². The van der Waals surface area contributed by atoms with Crippen LogP contribution >= 0.6 is 0 Å². The summed E-state index contributed by atoms with van der Waals surface area (Å²) in [6.07, 6.45) is 8.06. The van der Waals surface area contributed by atoms with Crippen LogP contribution < -0.4 is 5.32 Å². The first kappa shape index (κ1) is 17.4. The first-order valence-corrected chi connectivity index (χ1v) is 9.47. The van der Waals surface area contributed by atoms with Gasteiger partial charge in [0, 0.05) is 31.5 Å². The summed E-state index contributed by atoms with van der Waals surface area (Å²) in [7, 11) is 0. The van der Waals surface area contributed by atoms with E-state index >= 15 is 0 Å². The molecule has 1 aromatic heterocycles. The van der Waals surface area contributed by atoms with Crippen LogP contribution in [-0.4, -0.2) is 46.6 Å². The highest BCUT2D eigenvalue weighted by Crippen LogP contribution is 2.27. The molecule has 1 amide bonds. The minimum Gasteiger partial charge on any atom is -0.355 e. The van der Waals surface area contributed by atoms with E-state index in [0.29, 0.717) is 24.9 Å². The number of carbonyl (C=O) groups excluding carboxylic acids is 1. The standard InChI is InChI=1S/C18H30N4O2/c1-13(2)17-20-16(24-21-17)9-10-19-18(23)14-6-5-11-22(12-14)15-7-3-4-8-15/h13-15H,3-12H2,1-2H3,(H,19,23). The van der Waals surface area contributed by atoms with Crippen LogP contribution in [0.3, 0.4) is 0 Å². The van der Waals surface area contributed by atoms with E-state index in [1.165, 1.54) is 25.7 Å². The van der Waals surface area contributed by atoms with Gasteiger partial charge in [-0.25, -0.2) is 0 Å². The maximum Gasteiger partial charge on any atom is 0.228 e. The number of hydrogen-bond acceptors (Lipinski definition) is 5. The molecule has 2 fully saturated rings. The predicted octanol–water partition coefficient (Wildman–Crippen LogP) is 2.51. The molecule has 1 atom stereocenters. The van der Waals surface area contributed by atoms with Crippen LogP contribution in [0.25, 0.3) is 0 Å². The van der Waals surface area contributed by atoms with E-state index in [1.807, 2.05) is 13.8 Å². The van der Waals surface area contributed by atoms with E-state index in [0.717, 1.165) is 31.8 Å². The van der Waals surface area contributed by atoms with Gasteiger partial charge in [0.2, 0.25) is 11.8 Å². The normalized spacial score (nSPS) is 23.0. The first-order valence-electron chi connectivity index (χ1n) is 9.47. The van der Waals surface area contributed by atoms with E-state index < -0.39 is 0 Å². The summed E-state index contributed by atoms with van der Waals surface area (Å²) in [4.78, 5) is 19.4. The summed E-state index contributed by atoms with van der Waals surface area (Å²) < 4.78 is 5.22. The SMILES string of the molecule is CC(C)c1noc(CCNC(=O)C2CCCN(C3CCCC3)C2)n1. The van der Waals surface area contributed by atoms with Gasteiger partial charge < -0.3 is 9.84 Å². The van der Waals surface area contributed by atoms with Crippen LogP contribution in [0.5, 0.6) is 0 Å². The summed E-state index contributed by atoms with van der Waals surface area (Å²) in [6, 6.07) is 0.716. The predicted molar refractivity (Wildman–Crippen MR) is 91.7 cm³/mol. The fourth-order valence-electron chi connectivity index (χ4n) is 3.86. The number of carbonyl (C=O) groups is 1. The van der Waals surface area contributed by atoms with Crippen molar-refractivity contribution in [3.63, 3.8) is 0 Å². The van der Waals surface area contributed by atoms with Crippen molar-refractivity contribution in [1.82, 2.24) is 20.4 Å². The molecule has 6 nitrogen and oxygen atoms in total. The highest BCUT2D eigenvalue weighted by atomic mass is 16.5. The number of nitrogens with zero attached hydrogens (tertiary/aromatic N) is 3. The summed E-state index contributed by atoms with van der Waals surface area (Å²) in [5.41, 5.74) is 0. The van der Waals surface area contributed by atoms with Gasteiger partial charge in [0.15, 0.2) is 5.82 Å². The van der Waals surface area contributed by atoms with Crippen LogP contribution in [0, 0.1) is 5.92 Å². The average Bonchev–Trinajstić information content (AvgIpc) is 3.27. The third kappa shape index (κ3) is 4.35. The van der Waals surface area contributed by atoms with Crippen LogP contribution in [0.4, 0.5) is 0 Å². The number of likely N-dealkylation sites (tertiary alicyclic amines) is 1. The fourth-order valence-corrected chi connectivity index (χ4v) is 3.86. The number of nitrogens with one attached hydrogen (secondary N) is 1. The Bertz CT molecular complexity index is 537. The molecule has 1 saturated carbocycles. The minimum absolute atomic E-state index is 0.133. The van der Waals surface area contributed by atoms with Crippen molar-refractivity contribution >= 4 is 5.91 Å². The second-order valence-corrected chi connectivity index (χ2v) is 7.51. The van der Waals surface area contributed by atoms with Crippen LogP contribution in [-0.2, 0) is 11.2 Å². The molecule has 1 N–H and O–H groups in total. The fraction of sp³-hybridized carbons (Fsp3) is 0.833. The zero-order valence-corrected chi connectivity index (χ0v) is 15.0. The van der Waals surface area contributed by atoms with Gasteiger partial charge in [-0.2, -0.15) is 4.98 Å². The lowest BCUT2D eigenvalue weighted by atomic mass is 9.95. The van der Waals surface area contributed by atoms with Gasteiger partial charge in [-0.3, -0.25) is 9.69 Å². The quantitative estimate of drug-likeness (QED) is 0.865. The van der Waals surface area contributed by atoms with E-state index in [-0.39, 0.29) is 17.7 Å². The maximum absolute atomic E-state index is 12.5. The smallest absolute Gasteiger partial charge is 0.228 e. The highest BCUT2D eigenvalue weighted by Gasteiger charge is 2.30. The molecule has 0 bridgehead atoms. The second kappa shape index (κ2) is 8.10. The van der Waals surface area contributed by atoms with Crippen molar-refractivity contribution in [2.24, 2.45) is 5.92 Å². The molecule has 1 aromatic rings. The minimum atomic E-state index is 0.133. The van der Waals surface area contributed by atoms with Gasteiger partial charge in [-0.05, 0) is 32.2 Å². The van der Waals surface area contributed by atoms with Crippen molar-refractivity contribution < 1.29 is 9.32 Å². The largest absolute Gasteiger partial charge is 0.355 e. The molecule has 0 radical (unpaired) electrons. The Balaban J connectivity index is 1.42. The summed E-state index contributed by atoms with van der Waals surface area (Å²) in [5.74, 6) is 1.92. The van der Waals surface area contributed by atoms with Crippen molar-refractivity contribution in [2.45, 2.75) is 70.8 Å². The van der Waals surface area contributed by atoms with Crippen LogP contribution in [0.15, 0.2) is 4.52 Å². The Kier molecular flexibility index (Phi) is 5.87. The number of piperidine rings is 1. The van der Waals surface area contributed by atoms with Crippen molar-refractivity contribution in [3.8, 4) is 0 Å². The molecule has 3 rings (SSSR count). The molecule has 6 heteroatoms. The number of rotatable bonds is 6. The summed E-state index contributed by atoms with van der Waals surface area (Å²) in [5, 5.41) is 7.01. The first-order chi connectivity index (χ1) is 11.6. The zero-order chi connectivity index (χ0) is 16.9. The molecule has 2 aliphatic rings. The highest BCUT2D eigenvalue weighted by molar-refractivity contribution is 5.78. The Morgan fingerprint density at radius 3 is 2.79 bits per heavy atom. The second-order valence-electron chi connectivity index (χ2n) is 7.51. The molecule has 2 heterocycles. The van der Waals surface area contributed by atoms with Gasteiger partial charge in [0.05, 0.1) is 5.92 Å². The van der Waals surface area contributed by atoms with Crippen molar-refractivity contribution in [2.75, 3.05) is 19.6 Å². The Labute approximate surface area is 144 Å². The number of hydrogen-bond donors (Lipinski definition) is 1. The molecule has 24 heavy (non-hydrogen) atoms. The lowest BCUT2D eigenvalue weighted by Gasteiger charge is -2.36. The van der Waals surface area contributed by atoms with Crippen molar-refractivity contribution in [3.05, 3.63) is 11.7 Å². The third-order valence-electron chi connectivity index (χ3n) is 5.30. The van der Waals surface area contributed by atoms with Gasteiger partial charge in [0.1, 0.15) is 0 Å². The molecule has 0 spiro atoms. The lowest BCUT2D eigenvalue weighted by Crippen LogP contribution is -2.46. The Morgan fingerprint density at radius 1 is 1.29 bits per heavy atom. The molecule has 0 aromatic carbocycles. The zero-order valence-electron chi connectivity index (χ0n) is 15.0. The molecular formula is C18H30N4O2. The van der Waals surface area contributed by atoms with E-state index in [2.05, 4.69) is 20.4 Å². The molecular weight excluding hydrogens is 304 g/mol. The van der Waals surface area contributed by atoms with Gasteiger partial charge in [-0.1, -0.05) is 31.8 Å². The number of amides is 1.